The number of hydrogen-bond acceptors (Lipinski definition) is 7. The molecule has 0 heterocycles. The lowest BCUT2D eigenvalue weighted by atomic mass is 10.2. The maximum atomic E-state index is 12.9. The molecule has 0 N–H and O–H groups in total. The molecule has 31 heavy (non-hydrogen) atoms. The van der Waals surface area contributed by atoms with Gasteiger partial charge < -0.3 is 23.8 Å². The van der Waals surface area contributed by atoms with Crippen molar-refractivity contribution in [1.29, 1.82) is 0 Å². The second-order valence-electron chi connectivity index (χ2n) is 6.72. The van der Waals surface area contributed by atoms with E-state index < -0.39 is 10.0 Å². The quantitative estimate of drug-likeness (QED) is 0.544. The van der Waals surface area contributed by atoms with Crippen LogP contribution in [0.3, 0.4) is 0 Å². The third kappa shape index (κ3) is 5.59. The normalized spacial score (nSPS) is 11.2. The van der Waals surface area contributed by atoms with Crippen LogP contribution in [-0.4, -0.2) is 72.6 Å². The monoisotopic (exact) mass is 452 g/mol. The average molecular weight is 453 g/mol. The first-order chi connectivity index (χ1) is 14.7. The number of likely N-dealkylation sites (N-methyl/N-ethyl adjacent to an activating group) is 2. The van der Waals surface area contributed by atoms with Crippen LogP contribution in [0.5, 0.6) is 23.0 Å². The highest BCUT2D eigenvalue weighted by molar-refractivity contribution is 7.89. The lowest BCUT2D eigenvalue weighted by molar-refractivity contribution is -0.130. The molecule has 0 saturated carbocycles. The van der Waals surface area contributed by atoms with Crippen LogP contribution in [0.4, 0.5) is 0 Å². The zero-order chi connectivity index (χ0) is 23.2. The first kappa shape index (κ1) is 24.3. The summed E-state index contributed by atoms with van der Waals surface area (Å²) in [7, 11) is 5.02. The van der Waals surface area contributed by atoms with Crippen molar-refractivity contribution in [2.45, 2.75) is 11.4 Å². The fourth-order valence-electron chi connectivity index (χ4n) is 2.89. The van der Waals surface area contributed by atoms with Crippen molar-refractivity contribution >= 4 is 15.9 Å². The number of amides is 1. The van der Waals surface area contributed by atoms with Gasteiger partial charge in [-0.05, 0) is 29.8 Å². The van der Waals surface area contributed by atoms with Crippen molar-refractivity contribution in [3.63, 3.8) is 0 Å². The van der Waals surface area contributed by atoms with Crippen LogP contribution in [0, 0.1) is 0 Å². The molecule has 0 aliphatic carbocycles. The molecular formula is C21H28N2O7S. The standard InChI is InChI=1S/C21H28N2O7S/c1-22(13-15-7-9-17(27-3)19(11-15)29-5)21(24)14-23(2)31(25,26)16-8-10-18(28-4)20(12-16)30-6/h7-12H,13-14H2,1-6H3. The Labute approximate surface area is 183 Å². The Balaban J connectivity index is 2.12. The Morgan fingerprint density at radius 3 is 1.87 bits per heavy atom. The molecule has 0 unspecified atom stereocenters. The first-order valence-electron chi connectivity index (χ1n) is 9.31. The Bertz CT molecular complexity index is 1020. The van der Waals surface area contributed by atoms with E-state index in [1.807, 2.05) is 6.07 Å². The number of nitrogens with zero attached hydrogens (tertiary/aromatic N) is 2. The van der Waals surface area contributed by atoms with Gasteiger partial charge in [0.15, 0.2) is 23.0 Å². The molecule has 0 bridgehead atoms. The van der Waals surface area contributed by atoms with Crippen molar-refractivity contribution in [2.24, 2.45) is 0 Å². The maximum absolute atomic E-state index is 12.9. The predicted molar refractivity (Wildman–Crippen MR) is 115 cm³/mol. The van der Waals surface area contributed by atoms with Gasteiger partial charge in [-0.1, -0.05) is 6.07 Å². The van der Waals surface area contributed by atoms with Gasteiger partial charge in [0.2, 0.25) is 15.9 Å². The zero-order valence-electron chi connectivity index (χ0n) is 18.5. The highest BCUT2D eigenvalue weighted by atomic mass is 32.2. The molecule has 0 aliphatic heterocycles. The lowest BCUT2D eigenvalue weighted by Crippen LogP contribution is -2.39. The summed E-state index contributed by atoms with van der Waals surface area (Å²) in [5, 5.41) is 0. The molecular weight excluding hydrogens is 424 g/mol. The molecule has 0 saturated heterocycles. The molecule has 0 aromatic heterocycles. The average Bonchev–Trinajstić information content (AvgIpc) is 2.77. The van der Waals surface area contributed by atoms with E-state index >= 15 is 0 Å². The summed E-state index contributed by atoms with van der Waals surface area (Å²) in [4.78, 5) is 14.1. The minimum Gasteiger partial charge on any atom is -0.493 e. The minimum absolute atomic E-state index is 0.00277. The Morgan fingerprint density at radius 2 is 1.32 bits per heavy atom. The van der Waals surface area contributed by atoms with Gasteiger partial charge in [-0.15, -0.1) is 0 Å². The molecule has 0 fully saturated rings. The van der Waals surface area contributed by atoms with Crippen molar-refractivity contribution in [2.75, 3.05) is 49.1 Å². The fourth-order valence-corrected chi connectivity index (χ4v) is 4.03. The van der Waals surface area contributed by atoms with E-state index in [0.29, 0.717) is 17.2 Å². The summed E-state index contributed by atoms with van der Waals surface area (Å²) in [6, 6.07) is 9.61. The van der Waals surface area contributed by atoms with Gasteiger partial charge in [0, 0.05) is 26.7 Å². The summed E-state index contributed by atoms with van der Waals surface area (Å²) >= 11 is 0. The highest BCUT2D eigenvalue weighted by Gasteiger charge is 2.25. The molecule has 170 valence electrons. The van der Waals surface area contributed by atoms with Gasteiger partial charge in [0.1, 0.15) is 0 Å². The third-order valence-electron chi connectivity index (χ3n) is 4.71. The van der Waals surface area contributed by atoms with Crippen LogP contribution in [-0.2, 0) is 21.4 Å². The topological polar surface area (TPSA) is 94.6 Å². The molecule has 0 spiro atoms. The van der Waals surface area contributed by atoms with Crippen LogP contribution in [0.15, 0.2) is 41.3 Å². The summed E-state index contributed by atoms with van der Waals surface area (Å²) in [6.45, 7) is -0.0378. The molecule has 0 radical (unpaired) electrons. The largest absolute Gasteiger partial charge is 0.493 e. The first-order valence-corrected chi connectivity index (χ1v) is 10.7. The van der Waals surface area contributed by atoms with Crippen molar-refractivity contribution in [3.05, 3.63) is 42.0 Å². The summed E-state index contributed by atoms with van der Waals surface area (Å²) in [6.07, 6.45) is 0. The van der Waals surface area contributed by atoms with Gasteiger partial charge in [0.25, 0.3) is 0 Å². The molecule has 9 nitrogen and oxygen atoms in total. The molecule has 2 aromatic carbocycles. The SMILES string of the molecule is COc1ccc(CN(C)C(=O)CN(C)S(=O)(=O)c2ccc(OC)c(OC)c2)cc1OC. The van der Waals surface area contributed by atoms with E-state index in [1.165, 1.54) is 51.5 Å². The van der Waals surface area contributed by atoms with Crippen molar-refractivity contribution in [3.8, 4) is 23.0 Å². The fraction of sp³-hybridized carbons (Fsp3) is 0.381. The Morgan fingerprint density at radius 1 is 0.806 bits per heavy atom. The molecule has 10 heteroatoms. The van der Waals surface area contributed by atoms with Crippen molar-refractivity contribution in [1.82, 2.24) is 9.21 Å². The van der Waals surface area contributed by atoms with E-state index in [1.54, 1.807) is 26.3 Å². The zero-order valence-corrected chi connectivity index (χ0v) is 19.4. The summed E-state index contributed by atoms with van der Waals surface area (Å²) in [5.41, 5.74) is 0.818. The number of methoxy groups -OCH3 is 4. The molecule has 0 atom stereocenters. The maximum Gasteiger partial charge on any atom is 0.243 e. The number of carbonyl (C=O) groups excluding carboxylic acids is 1. The number of benzene rings is 2. The smallest absolute Gasteiger partial charge is 0.243 e. The number of carbonyl (C=O) groups is 1. The molecule has 1 amide bonds. The highest BCUT2D eigenvalue weighted by Crippen LogP contribution is 2.30. The molecule has 2 rings (SSSR count). The second kappa shape index (κ2) is 10.4. The Kier molecular flexibility index (Phi) is 8.12. The molecule has 0 aliphatic rings. The third-order valence-corrected chi connectivity index (χ3v) is 6.51. The number of hydrogen-bond donors (Lipinski definition) is 0. The Hall–Kier alpha value is -2.98. The van der Waals surface area contributed by atoms with E-state index in [4.69, 9.17) is 18.9 Å². The number of ether oxygens (including phenoxy) is 4. The van der Waals surface area contributed by atoms with Gasteiger partial charge >= 0.3 is 0 Å². The van der Waals surface area contributed by atoms with E-state index in [9.17, 15) is 13.2 Å². The van der Waals surface area contributed by atoms with E-state index in [2.05, 4.69) is 0 Å². The van der Waals surface area contributed by atoms with Crippen LogP contribution in [0.1, 0.15) is 5.56 Å². The molecule has 2 aromatic rings. The van der Waals surface area contributed by atoms with Crippen LogP contribution >= 0.6 is 0 Å². The predicted octanol–water partition coefficient (Wildman–Crippen LogP) is 2.00. The summed E-state index contributed by atoms with van der Waals surface area (Å²) in [5.74, 6) is 1.47. The van der Waals surface area contributed by atoms with Gasteiger partial charge in [-0.25, -0.2) is 8.42 Å². The van der Waals surface area contributed by atoms with Crippen molar-refractivity contribution < 1.29 is 32.2 Å². The number of sulfonamides is 1. The van der Waals surface area contributed by atoms with Crippen LogP contribution in [0.2, 0.25) is 0 Å². The van der Waals surface area contributed by atoms with Gasteiger partial charge in [-0.2, -0.15) is 4.31 Å². The lowest BCUT2D eigenvalue weighted by Gasteiger charge is -2.22. The number of rotatable bonds is 10. The van der Waals surface area contributed by atoms with E-state index in [0.717, 1.165) is 9.87 Å². The second-order valence-corrected chi connectivity index (χ2v) is 8.76. The minimum atomic E-state index is -3.90. The van der Waals surface area contributed by atoms with Crippen LogP contribution in [0.25, 0.3) is 0 Å². The summed E-state index contributed by atoms with van der Waals surface area (Å²) < 4.78 is 47.6. The van der Waals surface area contributed by atoms with Crippen LogP contribution < -0.4 is 18.9 Å². The van der Waals surface area contributed by atoms with Gasteiger partial charge in [0.05, 0.1) is 39.9 Å². The van der Waals surface area contributed by atoms with E-state index in [-0.39, 0.29) is 29.6 Å². The van der Waals surface area contributed by atoms with Gasteiger partial charge in [-0.3, -0.25) is 4.79 Å².